The van der Waals surface area contributed by atoms with Crippen molar-refractivity contribution < 1.29 is 4.65 Å². The molecule has 0 aromatic heterocycles. The molecule has 0 radical (unpaired) electrons. The van der Waals surface area contributed by atoms with Gasteiger partial charge in [-0.05, 0) is 44.4 Å². The second-order valence-electron chi connectivity index (χ2n) is 6.92. The summed E-state index contributed by atoms with van der Waals surface area (Å²) in [6, 6.07) is 6.68. The molecule has 1 aromatic rings. The topological polar surface area (TPSA) is 9.23 Å². The van der Waals surface area contributed by atoms with Crippen LogP contribution in [-0.2, 0) is 4.65 Å². The Morgan fingerprint density at radius 1 is 1.11 bits per heavy atom. The molecule has 0 aliphatic carbocycles. The van der Waals surface area contributed by atoms with Gasteiger partial charge < -0.3 is 4.65 Å². The molecule has 0 N–H and O–H groups in total. The zero-order valence-corrected chi connectivity index (χ0v) is 12.8. The van der Waals surface area contributed by atoms with Crippen molar-refractivity contribution in [1.29, 1.82) is 0 Å². The van der Waals surface area contributed by atoms with Gasteiger partial charge in [0.25, 0.3) is 0 Å². The van der Waals surface area contributed by atoms with Crippen molar-refractivity contribution in [2.45, 2.75) is 59.9 Å². The summed E-state index contributed by atoms with van der Waals surface area (Å²) in [4.78, 5) is 0. The fraction of sp³-hybridized carbons (Fsp3) is 0.625. The average Bonchev–Trinajstić information content (AvgIpc) is 2.39. The number of benzene rings is 1. The SMILES string of the molecule is Cc1ccc(B2OC(C)(C)C(C)(C)C2C)c(C)c1. The number of aryl methyl sites for hydroxylation is 2. The molecule has 18 heavy (non-hydrogen) atoms. The van der Waals surface area contributed by atoms with E-state index in [1.165, 1.54) is 16.6 Å². The Morgan fingerprint density at radius 2 is 1.72 bits per heavy atom. The normalized spacial score (nSPS) is 25.5. The van der Waals surface area contributed by atoms with Crippen LogP contribution < -0.4 is 5.46 Å². The van der Waals surface area contributed by atoms with Crippen LogP contribution in [-0.4, -0.2) is 12.5 Å². The number of rotatable bonds is 1. The Kier molecular flexibility index (Phi) is 3.13. The zero-order valence-electron chi connectivity index (χ0n) is 12.8. The van der Waals surface area contributed by atoms with Crippen LogP contribution in [0.4, 0.5) is 0 Å². The van der Waals surface area contributed by atoms with Crippen molar-refractivity contribution >= 4 is 12.4 Å². The number of hydrogen-bond acceptors (Lipinski definition) is 1. The predicted octanol–water partition coefficient (Wildman–Crippen LogP) is 3.73. The van der Waals surface area contributed by atoms with E-state index < -0.39 is 0 Å². The van der Waals surface area contributed by atoms with Crippen molar-refractivity contribution in [2.24, 2.45) is 5.41 Å². The molecule has 0 bridgehead atoms. The second-order valence-corrected chi connectivity index (χ2v) is 6.92. The molecule has 1 unspecified atom stereocenters. The Labute approximate surface area is 112 Å². The molecule has 0 saturated carbocycles. The maximum absolute atomic E-state index is 6.38. The lowest BCUT2D eigenvalue weighted by molar-refractivity contribution is 0.0296. The zero-order chi connectivity index (χ0) is 13.7. The van der Waals surface area contributed by atoms with Crippen LogP contribution in [0.3, 0.4) is 0 Å². The highest BCUT2D eigenvalue weighted by Crippen LogP contribution is 2.51. The van der Waals surface area contributed by atoms with Gasteiger partial charge in [0.1, 0.15) is 0 Å². The van der Waals surface area contributed by atoms with Crippen LogP contribution in [0.5, 0.6) is 0 Å². The van der Waals surface area contributed by atoms with E-state index in [0.717, 1.165) is 0 Å². The largest absolute Gasteiger partial charge is 0.425 e. The summed E-state index contributed by atoms with van der Waals surface area (Å²) in [5.41, 5.74) is 4.14. The smallest absolute Gasteiger partial charge is 0.331 e. The van der Waals surface area contributed by atoms with Gasteiger partial charge in [-0.3, -0.25) is 0 Å². The van der Waals surface area contributed by atoms with E-state index >= 15 is 0 Å². The summed E-state index contributed by atoms with van der Waals surface area (Å²) in [6.45, 7) is 15.9. The molecule has 0 spiro atoms. The van der Waals surface area contributed by atoms with Crippen LogP contribution in [0.2, 0.25) is 5.82 Å². The maximum Gasteiger partial charge on any atom is 0.331 e. The minimum atomic E-state index is -0.0750. The van der Waals surface area contributed by atoms with E-state index in [9.17, 15) is 0 Å². The molecule has 1 nitrogen and oxygen atoms in total. The highest BCUT2D eigenvalue weighted by atomic mass is 16.5. The summed E-state index contributed by atoms with van der Waals surface area (Å²) in [7, 11) is 0. The lowest BCUT2D eigenvalue weighted by Gasteiger charge is -2.36. The highest BCUT2D eigenvalue weighted by Gasteiger charge is 2.55. The van der Waals surface area contributed by atoms with Gasteiger partial charge in [-0.25, -0.2) is 0 Å². The van der Waals surface area contributed by atoms with Gasteiger partial charge in [0, 0.05) is 0 Å². The Hall–Kier alpha value is -0.755. The second kappa shape index (κ2) is 4.13. The van der Waals surface area contributed by atoms with Gasteiger partial charge in [-0.15, -0.1) is 0 Å². The molecular formula is C16H25BO. The average molecular weight is 244 g/mol. The summed E-state index contributed by atoms with van der Waals surface area (Å²) in [6.07, 6.45) is 0. The van der Waals surface area contributed by atoms with Gasteiger partial charge in [0.15, 0.2) is 0 Å². The molecule has 1 aliphatic rings. The molecule has 2 rings (SSSR count). The minimum absolute atomic E-state index is 0.0750. The van der Waals surface area contributed by atoms with E-state index in [-0.39, 0.29) is 17.9 Å². The monoisotopic (exact) mass is 244 g/mol. The molecule has 1 fully saturated rings. The van der Waals surface area contributed by atoms with Crippen molar-refractivity contribution in [3.05, 3.63) is 29.3 Å². The molecule has 0 amide bonds. The maximum atomic E-state index is 6.38. The van der Waals surface area contributed by atoms with E-state index in [4.69, 9.17) is 4.65 Å². The molecule has 1 saturated heterocycles. The van der Waals surface area contributed by atoms with Crippen LogP contribution in [0, 0.1) is 19.3 Å². The highest BCUT2D eigenvalue weighted by molar-refractivity contribution is 6.70. The molecule has 98 valence electrons. The predicted molar refractivity (Wildman–Crippen MR) is 79.7 cm³/mol. The summed E-state index contributed by atoms with van der Waals surface area (Å²) < 4.78 is 6.38. The first kappa shape index (κ1) is 13.7. The standard InChI is InChI=1S/C16H25BO/c1-11-8-9-14(12(2)10-11)17-13(3)15(4,5)16(6,7)18-17/h8-10,13H,1-7H3. The minimum Gasteiger partial charge on any atom is -0.425 e. The van der Waals surface area contributed by atoms with E-state index in [0.29, 0.717) is 5.82 Å². The van der Waals surface area contributed by atoms with Crippen LogP contribution in [0.15, 0.2) is 18.2 Å². The lowest BCUT2D eigenvalue weighted by Crippen LogP contribution is -2.36. The van der Waals surface area contributed by atoms with Crippen LogP contribution >= 0.6 is 0 Å². The van der Waals surface area contributed by atoms with Crippen LogP contribution in [0.25, 0.3) is 0 Å². The molecular weight excluding hydrogens is 219 g/mol. The summed E-state index contributed by atoms with van der Waals surface area (Å²) in [5, 5.41) is 0. The van der Waals surface area contributed by atoms with Crippen molar-refractivity contribution in [3.8, 4) is 0 Å². The quantitative estimate of drug-likeness (QED) is 0.684. The van der Waals surface area contributed by atoms with Gasteiger partial charge in [0.05, 0.1) is 5.60 Å². The molecule has 1 aliphatic heterocycles. The molecule has 2 heteroatoms. The van der Waals surface area contributed by atoms with Crippen molar-refractivity contribution in [3.63, 3.8) is 0 Å². The van der Waals surface area contributed by atoms with Gasteiger partial charge in [-0.2, -0.15) is 0 Å². The first-order chi connectivity index (χ1) is 8.17. The van der Waals surface area contributed by atoms with Gasteiger partial charge in [-0.1, -0.05) is 50.1 Å². The fourth-order valence-corrected chi connectivity index (χ4v) is 2.98. The van der Waals surface area contributed by atoms with Gasteiger partial charge >= 0.3 is 6.92 Å². The third-order valence-corrected chi connectivity index (χ3v) is 5.30. The molecule has 1 atom stereocenters. The lowest BCUT2D eigenvalue weighted by atomic mass is 9.46. The Bertz CT molecular complexity index is 462. The Balaban J connectivity index is 2.42. The molecule has 1 aromatic carbocycles. The first-order valence-electron chi connectivity index (χ1n) is 6.92. The van der Waals surface area contributed by atoms with Crippen molar-refractivity contribution in [2.75, 3.05) is 0 Å². The van der Waals surface area contributed by atoms with Crippen molar-refractivity contribution in [1.82, 2.24) is 0 Å². The fourth-order valence-electron chi connectivity index (χ4n) is 2.98. The van der Waals surface area contributed by atoms with E-state index in [1.54, 1.807) is 0 Å². The summed E-state index contributed by atoms with van der Waals surface area (Å²) >= 11 is 0. The third kappa shape index (κ3) is 1.91. The summed E-state index contributed by atoms with van der Waals surface area (Å²) in [5.74, 6) is 0.522. The van der Waals surface area contributed by atoms with E-state index in [1.807, 2.05) is 0 Å². The first-order valence-corrected chi connectivity index (χ1v) is 6.92. The number of hydrogen-bond donors (Lipinski definition) is 0. The molecule has 1 heterocycles. The van der Waals surface area contributed by atoms with Crippen LogP contribution in [0.1, 0.15) is 45.7 Å². The Morgan fingerprint density at radius 3 is 2.17 bits per heavy atom. The van der Waals surface area contributed by atoms with E-state index in [2.05, 4.69) is 66.7 Å². The third-order valence-electron chi connectivity index (χ3n) is 5.30. The van der Waals surface area contributed by atoms with Gasteiger partial charge in [0.2, 0.25) is 0 Å².